The van der Waals surface area contributed by atoms with Crippen LogP contribution in [0.4, 0.5) is 0 Å². The summed E-state index contributed by atoms with van der Waals surface area (Å²) in [7, 11) is 0. The van der Waals surface area contributed by atoms with E-state index in [4.69, 9.17) is 5.73 Å². The van der Waals surface area contributed by atoms with Gasteiger partial charge in [0, 0.05) is 5.54 Å². The molecule has 0 aliphatic heterocycles. The predicted molar refractivity (Wildman–Crippen MR) is 84.2 cm³/mol. The largest absolute Gasteiger partial charge is 0.325 e. The van der Waals surface area contributed by atoms with Crippen LogP contribution in [0, 0.1) is 0 Å². The van der Waals surface area contributed by atoms with Gasteiger partial charge in [-0.05, 0) is 19.3 Å². The Bertz CT molecular complexity index is 61.4. The molecular formula is C7H21Br3IN. The lowest BCUT2D eigenvalue weighted by atomic mass is 9.92. The Hall–Kier alpha value is 2.13. The molecule has 0 spiro atoms. The van der Waals surface area contributed by atoms with E-state index in [2.05, 4.69) is 20.8 Å². The highest BCUT2D eigenvalue weighted by atomic mass is 127. The number of rotatable bonds is 3. The molecule has 0 atom stereocenters. The van der Waals surface area contributed by atoms with Gasteiger partial charge in [-0.25, -0.2) is 0 Å². The highest BCUT2D eigenvalue weighted by Crippen LogP contribution is 2.14. The van der Waals surface area contributed by atoms with E-state index in [0.717, 1.165) is 19.3 Å². The molecule has 12 heavy (non-hydrogen) atoms. The molecule has 0 saturated heterocycles. The van der Waals surface area contributed by atoms with Crippen molar-refractivity contribution in [3.05, 3.63) is 0 Å². The van der Waals surface area contributed by atoms with Crippen LogP contribution in [-0.4, -0.2) is 5.54 Å². The maximum atomic E-state index is 5.90. The van der Waals surface area contributed by atoms with Gasteiger partial charge in [-0.2, -0.15) is 0 Å². The van der Waals surface area contributed by atoms with Crippen LogP contribution in [0.5, 0.6) is 0 Å². The molecule has 0 aromatic rings. The van der Waals surface area contributed by atoms with Crippen molar-refractivity contribution in [1.29, 1.82) is 0 Å². The molecule has 0 unspecified atom stereocenters. The summed E-state index contributed by atoms with van der Waals surface area (Å²) in [6.45, 7) is 6.44. The summed E-state index contributed by atoms with van der Waals surface area (Å²) in [5.74, 6) is 0. The van der Waals surface area contributed by atoms with Crippen molar-refractivity contribution in [2.45, 2.75) is 45.6 Å². The van der Waals surface area contributed by atoms with Crippen LogP contribution >= 0.6 is 74.9 Å². The topological polar surface area (TPSA) is 26.0 Å². The van der Waals surface area contributed by atoms with Gasteiger partial charge in [0.15, 0.2) is 0 Å². The number of hydrogen-bond acceptors (Lipinski definition) is 1. The lowest BCUT2D eigenvalue weighted by Crippen LogP contribution is -2.37. The molecule has 0 aromatic heterocycles. The quantitative estimate of drug-likeness (QED) is 0.594. The van der Waals surface area contributed by atoms with E-state index in [9.17, 15) is 0 Å². The Labute approximate surface area is 125 Å². The van der Waals surface area contributed by atoms with Crippen molar-refractivity contribution >= 4 is 74.9 Å². The molecule has 5 heteroatoms. The van der Waals surface area contributed by atoms with Gasteiger partial charge in [0.25, 0.3) is 0 Å². The zero-order valence-corrected chi connectivity index (χ0v) is 15.3. The molecule has 0 heterocycles. The highest BCUT2D eigenvalue weighted by Gasteiger charge is 2.15. The van der Waals surface area contributed by atoms with Crippen LogP contribution in [0.3, 0.4) is 0 Å². The van der Waals surface area contributed by atoms with Crippen molar-refractivity contribution in [2.75, 3.05) is 0 Å². The van der Waals surface area contributed by atoms with Gasteiger partial charge in [0.1, 0.15) is 0 Å². The molecule has 0 bridgehead atoms. The SMILES string of the molecule is Br.Br.Br.CCC(N)(CC)CC.I. The number of halogens is 4. The molecule has 0 aliphatic carbocycles. The van der Waals surface area contributed by atoms with E-state index in [0.29, 0.717) is 0 Å². The minimum atomic E-state index is 0. The lowest BCUT2D eigenvalue weighted by Gasteiger charge is -2.23. The fourth-order valence-electron chi connectivity index (χ4n) is 0.750. The molecule has 0 amide bonds. The minimum Gasteiger partial charge on any atom is -0.325 e. The Morgan fingerprint density at radius 2 is 1.00 bits per heavy atom. The third-order valence-corrected chi connectivity index (χ3v) is 2.11. The highest BCUT2D eigenvalue weighted by molar-refractivity contribution is 14.0. The zero-order chi connectivity index (χ0) is 6.62. The van der Waals surface area contributed by atoms with E-state index in [-0.39, 0.29) is 80.5 Å². The summed E-state index contributed by atoms with van der Waals surface area (Å²) in [4.78, 5) is 0. The first-order valence-corrected chi connectivity index (χ1v) is 3.47. The van der Waals surface area contributed by atoms with Gasteiger partial charge < -0.3 is 5.73 Å². The molecule has 0 saturated carbocycles. The molecule has 0 fully saturated rings. The van der Waals surface area contributed by atoms with Gasteiger partial charge in [-0.15, -0.1) is 74.9 Å². The van der Waals surface area contributed by atoms with E-state index in [1.54, 1.807) is 0 Å². The molecule has 0 radical (unpaired) electrons. The average molecular weight is 486 g/mol. The molecule has 0 aromatic carbocycles. The summed E-state index contributed by atoms with van der Waals surface area (Å²) in [5.41, 5.74) is 6.02. The molecule has 2 N–H and O–H groups in total. The third-order valence-electron chi connectivity index (χ3n) is 2.11. The Kier molecular flexibility index (Phi) is 38.0. The predicted octanol–water partition coefficient (Wildman–Crippen LogP) is 4.27. The fraction of sp³-hybridized carbons (Fsp3) is 1.00. The first-order valence-electron chi connectivity index (χ1n) is 3.47. The zero-order valence-electron chi connectivity index (χ0n) is 7.83. The molecular weight excluding hydrogens is 465 g/mol. The van der Waals surface area contributed by atoms with Gasteiger partial charge in [0.05, 0.1) is 0 Å². The molecule has 1 nitrogen and oxygen atoms in total. The Morgan fingerprint density at radius 1 is 0.833 bits per heavy atom. The first-order chi connectivity index (χ1) is 3.68. The van der Waals surface area contributed by atoms with Crippen LogP contribution in [0.1, 0.15) is 40.0 Å². The van der Waals surface area contributed by atoms with Crippen LogP contribution in [0.25, 0.3) is 0 Å². The summed E-state index contributed by atoms with van der Waals surface area (Å²) in [6, 6.07) is 0. The summed E-state index contributed by atoms with van der Waals surface area (Å²) >= 11 is 0. The van der Waals surface area contributed by atoms with E-state index >= 15 is 0 Å². The van der Waals surface area contributed by atoms with Gasteiger partial charge in [-0.3, -0.25) is 0 Å². The maximum absolute atomic E-state index is 5.90. The number of nitrogens with two attached hydrogens (primary N) is 1. The van der Waals surface area contributed by atoms with E-state index in [1.165, 1.54) is 0 Å². The monoisotopic (exact) mass is 483 g/mol. The molecule has 0 aliphatic rings. The third kappa shape index (κ3) is 12.1. The van der Waals surface area contributed by atoms with Crippen LogP contribution in [-0.2, 0) is 0 Å². The Balaban J connectivity index is -0.0000000408. The number of hydrogen-bond donors (Lipinski definition) is 1. The minimum absolute atomic E-state index is 0. The van der Waals surface area contributed by atoms with Gasteiger partial charge in [-0.1, -0.05) is 20.8 Å². The van der Waals surface area contributed by atoms with Crippen molar-refractivity contribution in [3.8, 4) is 0 Å². The van der Waals surface area contributed by atoms with Crippen molar-refractivity contribution in [2.24, 2.45) is 5.73 Å². The second-order valence-corrected chi connectivity index (χ2v) is 2.42. The van der Waals surface area contributed by atoms with Crippen LogP contribution in [0.2, 0.25) is 0 Å². The maximum Gasteiger partial charge on any atom is 0.0146 e. The summed E-state index contributed by atoms with van der Waals surface area (Å²) < 4.78 is 0. The van der Waals surface area contributed by atoms with E-state index < -0.39 is 0 Å². The summed E-state index contributed by atoms with van der Waals surface area (Å²) in [6.07, 6.45) is 3.29. The van der Waals surface area contributed by atoms with Crippen molar-refractivity contribution in [1.82, 2.24) is 0 Å². The standard InChI is InChI=1S/C7H17N.3BrH.HI/c1-4-7(8,5-2)6-3;;;;/h4-6,8H2,1-3H3;4*1H. The second-order valence-electron chi connectivity index (χ2n) is 2.42. The van der Waals surface area contributed by atoms with Crippen molar-refractivity contribution in [3.63, 3.8) is 0 Å². The van der Waals surface area contributed by atoms with Crippen LogP contribution < -0.4 is 5.73 Å². The van der Waals surface area contributed by atoms with Crippen molar-refractivity contribution < 1.29 is 0 Å². The normalized spacial score (nSPS) is 8.00. The lowest BCUT2D eigenvalue weighted by molar-refractivity contribution is 0.383. The smallest absolute Gasteiger partial charge is 0.0146 e. The van der Waals surface area contributed by atoms with E-state index in [1.807, 2.05) is 0 Å². The van der Waals surface area contributed by atoms with Crippen LogP contribution in [0.15, 0.2) is 0 Å². The average Bonchev–Trinajstić information content (AvgIpc) is 1.87. The second kappa shape index (κ2) is 15.6. The summed E-state index contributed by atoms with van der Waals surface area (Å²) in [5, 5.41) is 0. The molecule has 82 valence electrons. The fourth-order valence-corrected chi connectivity index (χ4v) is 0.750. The van der Waals surface area contributed by atoms with Gasteiger partial charge >= 0.3 is 0 Å². The Morgan fingerprint density at radius 3 is 1.00 bits per heavy atom. The van der Waals surface area contributed by atoms with Gasteiger partial charge in [0.2, 0.25) is 0 Å². The molecule has 0 rings (SSSR count). The first kappa shape index (κ1) is 29.2.